The van der Waals surface area contributed by atoms with E-state index in [2.05, 4.69) is 25.3 Å². The molecule has 27 heavy (non-hydrogen) atoms. The minimum Gasteiger partial charge on any atom is -0.361 e. The van der Waals surface area contributed by atoms with E-state index in [0.717, 1.165) is 47.8 Å². The third-order valence-corrected chi connectivity index (χ3v) is 4.93. The lowest BCUT2D eigenvalue weighted by atomic mass is 9.98. The molecule has 1 amide bonds. The quantitative estimate of drug-likeness (QED) is 0.700. The molecule has 8 nitrogen and oxygen atoms in total. The van der Waals surface area contributed by atoms with Crippen molar-refractivity contribution in [2.24, 2.45) is 5.92 Å². The van der Waals surface area contributed by atoms with Crippen LogP contribution >= 0.6 is 0 Å². The lowest BCUT2D eigenvalue weighted by Gasteiger charge is -2.16. The van der Waals surface area contributed by atoms with E-state index in [1.165, 1.54) is 12.4 Å². The first-order chi connectivity index (χ1) is 13.1. The van der Waals surface area contributed by atoms with Crippen LogP contribution in [0.25, 0.3) is 11.3 Å². The predicted molar refractivity (Wildman–Crippen MR) is 96.7 cm³/mol. The zero-order valence-electron chi connectivity index (χ0n) is 15.3. The lowest BCUT2D eigenvalue weighted by molar-refractivity contribution is 0.0786. The van der Waals surface area contributed by atoms with E-state index < -0.39 is 0 Å². The number of carbonyl (C=O) groups excluding carboxylic acids is 1. The maximum Gasteiger partial charge on any atom is 0.255 e. The molecule has 1 unspecified atom stereocenters. The second kappa shape index (κ2) is 7.22. The topological polar surface area (TPSA) is 97.9 Å². The van der Waals surface area contributed by atoms with Crippen molar-refractivity contribution in [3.63, 3.8) is 0 Å². The van der Waals surface area contributed by atoms with Crippen molar-refractivity contribution >= 4 is 5.91 Å². The fourth-order valence-corrected chi connectivity index (χ4v) is 3.60. The summed E-state index contributed by atoms with van der Waals surface area (Å²) in [5, 5.41) is 11.5. The summed E-state index contributed by atoms with van der Waals surface area (Å²) in [5.41, 5.74) is 4.02. The molecule has 0 bridgehead atoms. The third-order valence-electron chi connectivity index (χ3n) is 4.93. The Labute approximate surface area is 156 Å². The summed E-state index contributed by atoms with van der Waals surface area (Å²) in [6, 6.07) is 1.70. The van der Waals surface area contributed by atoms with Crippen LogP contribution in [0.1, 0.15) is 33.9 Å². The summed E-state index contributed by atoms with van der Waals surface area (Å²) in [4.78, 5) is 23.5. The number of amides is 1. The van der Waals surface area contributed by atoms with Gasteiger partial charge in [-0.3, -0.25) is 14.8 Å². The van der Waals surface area contributed by atoms with Crippen molar-refractivity contribution in [2.45, 2.75) is 26.7 Å². The van der Waals surface area contributed by atoms with Crippen molar-refractivity contribution in [1.82, 2.24) is 30.2 Å². The summed E-state index contributed by atoms with van der Waals surface area (Å²) in [6.07, 6.45) is 8.13. The van der Waals surface area contributed by atoms with Crippen LogP contribution in [0.15, 0.2) is 35.4 Å². The van der Waals surface area contributed by atoms with Gasteiger partial charge in [-0.15, -0.1) is 0 Å². The maximum atomic E-state index is 12.6. The van der Waals surface area contributed by atoms with E-state index >= 15 is 0 Å². The van der Waals surface area contributed by atoms with Gasteiger partial charge in [-0.05, 0) is 38.7 Å². The zero-order valence-corrected chi connectivity index (χ0v) is 15.3. The second-order valence-electron chi connectivity index (χ2n) is 6.79. The molecule has 0 aliphatic carbocycles. The first-order valence-electron chi connectivity index (χ1n) is 8.92. The van der Waals surface area contributed by atoms with Gasteiger partial charge in [0, 0.05) is 25.5 Å². The Morgan fingerprint density at radius 1 is 1.22 bits per heavy atom. The number of carbonyl (C=O) groups is 1. The molecule has 4 heterocycles. The van der Waals surface area contributed by atoms with Crippen molar-refractivity contribution in [2.75, 3.05) is 13.1 Å². The number of aryl methyl sites for hydroxylation is 2. The smallest absolute Gasteiger partial charge is 0.255 e. The van der Waals surface area contributed by atoms with E-state index in [0.29, 0.717) is 18.0 Å². The predicted octanol–water partition coefficient (Wildman–Crippen LogP) is 2.24. The summed E-state index contributed by atoms with van der Waals surface area (Å²) >= 11 is 0. The highest BCUT2D eigenvalue weighted by atomic mass is 16.5. The molecule has 4 rings (SSSR count). The average molecular weight is 364 g/mol. The van der Waals surface area contributed by atoms with Crippen molar-refractivity contribution in [1.29, 1.82) is 0 Å². The number of hydrogen-bond acceptors (Lipinski definition) is 7. The van der Waals surface area contributed by atoms with Gasteiger partial charge in [-0.25, -0.2) is 0 Å². The molecule has 0 saturated carbocycles. The highest BCUT2D eigenvalue weighted by molar-refractivity contribution is 5.93. The molecule has 3 aromatic heterocycles. The van der Waals surface area contributed by atoms with Gasteiger partial charge >= 0.3 is 0 Å². The zero-order chi connectivity index (χ0) is 18.8. The number of likely N-dealkylation sites (tertiary alicyclic amines) is 1. The van der Waals surface area contributed by atoms with Gasteiger partial charge in [-0.2, -0.15) is 10.2 Å². The Morgan fingerprint density at radius 3 is 2.81 bits per heavy atom. The minimum atomic E-state index is -0.00232. The molecule has 0 spiro atoms. The fourth-order valence-electron chi connectivity index (χ4n) is 3.60. The Hall–Kier alpha value is -3.16. The van der Waals surface area contributed by atoms with Crippen LogP contribution in [-0.4, -0.2) is 49.2 Å². The Morgan fingerprint density at radius 2 is 2.07 bits per heavy atom. The monoisotopic (exact) mass is 364 g/mol. The van der Waals surface area contributed by atoms with E-state index in [1.807, 2.05) is 18.7 Å². The van der Waals surface area contributed by atoms with Crippen LogP contribution in [0.4, 0.5) is 0 Å². The number of rotatable bonds is 4. The maximum absolute atomic E-state index is 12.6. The molecule has 0 radical (unpaired) electrons. The fraction of sp³-hybridized carbons (Fsp3) is 0.368. The molecular weight excluding hydrogens is 344 g/mol. The Balaban J connectivity index is 1.51. The molecule has 1 atom stereocenters. The van der Waals surface area contributed by atoms with Gasteiger partial charge in [0.05, 0.1) is 40.6 Å². The van der Waals surface area contributed by atoms with Crippen LogP contribution in [0.5, 0.6) is 0 Å². The van der Waals surface area contributed by atoms with Crippen molar-refractivity contribution in [3.8, 4) is 11.3 Å². The van der Waals surface area contributed by atoms with Gasteiger partial charge in [0.15, 0.2) is 0 Å². The van der Waals surface area contributed by atoms with Gasteiger partial charge in [0.25, 0.3) is 5.91 Å². The number of aromatic nitrogens is 5. The van der Waals surface area contributed by atoms with Gasteiger partial charge in [-0.1, -0.05) is 5.16 Å². The Bertz CT molecular complexity index is 936. The van der Waals surface area contributed by atoms with Crippen LogP contribution in [0.3, 0.4) is 0 Å². The molecule has 0 aromatic carbocycles. The van der Waals surface area contributed by atoms with Crippen LogP contribution < -0.4 is 0 Å². The van der Waals surface area contributed by atoms with Crippen molar-refractivity contribution in [3.05, 3.63) is 53.6 Å². The molecular formula is C19H20N6O2. The summed E-state index contributed by atoms with van der Waals surface area (Å²) in [6.45, 7) is 5.21. The molecule has 1 saturated heterocycles. The second-order valence-corrected chi connectivity index (χ2v) is 6.79. The number of hydrogen-bond donors (Lipinski definition) is 0. The van der Waals surface area contributed by atoms with Gasteiger partial charge in [0.1, 0.15) is 5.76 Å². The molecule has 8 heteroatoms. The third kappa shape index (κ3) is 3.42. The highest BCUT2D eigenvalue weighted by Gasteiger charge is 2.29. The summed E-state index contributed by atoms with van der Waals surface area (Å²) in [7, 11) is 0. The SMILES string of the molecule is Cc1noc(C)c1-c1nccnc1CC1CCN(C(=O)c2ccnnc2)C1. The van der Waals surface area contributed by atoms with Gasteiger partial charge < -0.3 is 9.42 Å². The number of nitrogens with zero attached hydrogens (tertiary/aromatic N) is 6. The first kappa shape index (κ1) is 17.3. The van der Waals surface area contributed by atoms with E-state index in [-0.39, 0.29) is 5.91 Å². The molecule has 1 aliphatic rings. The highest BCUT2D eigenvalue weighted by Crippen LogP contribution is 2.30. The largest absolute Gasteiger partial charge is 0.361 e. The lowest BCUT2D eigenvalue weighted by Crippen LogP contribution is -2.29. The van der Waals surface area contributed by atoms with E-state index in [4.69, 9.17) is 4.52 Å². The molecule has 0 N–H and O–H groups in total. The van der Waals surface area contributed by atoms with Crippen LogP contribution in [-0.2, 0) is 6.42 Å². The first-order valence-corrected chi connectivity index (χ1v) is 8.92. The molecule has 138 valence electrons. The Kier molecular flexibility index (Phi) is 4.62. The van der Waals surface area contributed by atoms with Gasteiger partial charge in [0.2, 0.25) is 0 Å². The molecule has 3 aromatic rings. The normalized spacial score (nSPS) is 16.7. The summed E-state index contributed by atoms with van der Waals surface area (Å²) in [5.74, 6) is 1.07. The van der Waals surface area contributed by atoms with E-state index in [1.54, 1.807) is 18.5 Å². The van der Waals surface area contributed by atoms with E-state index in [9.17, 15) is 4.79 Å². The molecule has 1 fully saturated rings. The van der Waals surface area contributed by atoms with Crippen LogP contribution in [0, 0.1) is 19.8 Å². The molecule has 1 aliphatic heterocycles. The minimum absolute atomic E-state index is 0.00232. The standard InChI is InChI=1S/C19H20N6O2/c1-12-17(13(2)27-24-12)18-16(20-6-7-21-18)9-14-4-8-25(11-14)19(26)15-3-5-22-23-10-15/h3,5-7,10,14H,4,8-9,11H2,1-2H3. The van der Waals surface area contributed by atoms with Crippen molar-refractivity contribution < 1.29 is 9.32 Å². The average Bonchev–Trinajstić information content (AvgIpc) is 3.29. The summed E-state index contributed by atoms with van der Waals surface area (Å²) < 4.78 is 5.29. The van der Waals surface area contributed by atoms with Crippen LogP contribution in [0.2, 0.25) is 0 Å².